The highest BCUT2D eigenvalue weighted by atomic mass is 16.5. The molecular weight excluding hydrogens is 326 g/mol. The smallest absolute Gasteiger partial charge is 0.225 e. The van der Waals surface area contributed by atoms with Gasteiger partial charge in [0.2, 0.25) is 5.95 Å². The van der Waals surface area contributed by atoms with Crippen LogP contribution in [0.15, 0.2) is 42.7 Å². The van der Waals surface area contributed by atoms with Gasteiger partial charge in [0.15, 0.2) is 0 Å². The Morgan fingerprint density at radius 2 is 1.85 bits per heavy atom. The summed E-state index contributed by atoms with van der Waals surface area (Å²) in [5.74, 6) is 2.97. The van der Waals surface area contributed by atoms with Crippen LogP contribution in [0.5, 0.6) is 5.75 Å². The van der Waals surface area contributed by atoms with Crippen LogP contribution in [0.1, 0.15) is 24.8 Å². The summed E-state index contributed by atoms with van der Waals surface area (Å²) < 4.78 is 11.6. The zero-order valence-electron chi connectivity index (χ0n) is 15.4. The molecule has 4 rings (SSSR count). The second-order valence-electron chi connectivity index (χ2n) is 7.41. The molecule has 0 N–H and O–H groups in total. The summed E-state index contributed by atoms with van der Waals surface area (Å²) in [6.07, 6.45) is 8.65. The fourth-order valence-electron chi connectivity index (χ4n) is 3.67. The van der Waals surface area contributed by atoms with Crippen LogP contribution >= 0.6 is 0 Å². The molecule has 2 heterocycles. The van der Waals surface area contributed by atoms with Crippen LogP contribution in [-0.4, -0.2) is 42.9 Å². The van der Waals surface area contributed by atoms with E-state index >= 15 is 0 Å². The van der Waals surface area contributed by atoms with Crippen molar-refractivity contribution in [2.24, 2.45) is 11.8 Å². The molecule has 1 aliphatic carbocycles. The van der Waals surface area contributed by atoms with Crippen molar-refractivity contribution in [1.29, 1.82) is 0 Å². The van der Waals surface area contributed by atoms with Crippen molar-refractivity contribution in [1.82, 2.24) is 9.97 Å². The summed E-state index contributed by atoms with van der Waals surface area (Å²) in [4.78, 5) is 11.2. The maximum Gasteiger partial charge on any atom is 0.225 e. The monoisotopic (exact) mass is 353 g/mol. The topological polar surface area (TPSA) is 47.5 Å². The molecule has 0 amide bonds. The van der Waals surface area contributed by atoms with Gasteiger partial charge < -0.3 is 14.4 Å². The SMILES string of the molecule is COc1ccc(C[C@@H]2CN(c3ncccn3)CC[C@H]2OCC2CC2)cc1. The van der Waals surface area contributed by atoms with Gasteiger partial charge in [0, 0.05) is 38.0 Å². The van der Waals surface area contributed by atoms with E-state index in [-0.39, 0.29) is 0 Å². The molecule has 0 unspecified atom stereocenters. The van der Waals surface area contributed by atoms with Crippen LogP contribution < -0.4 is 9.64 Å². The van der Waals surface area contributed by atoms with Gasteiger partial charge in [0.1, 0.15) is 5.75 Å². The quantitative estimate of drug-likeness (QED) is 0.764. The Bertz CT molecular complexity index is 688. The molecule has 2 aliphatic rings. The van der Waals surface area contributed by atoms with Gasteiger partial charge in [-0.2, -0.15) is 0 Å². The summed E-state index contributed by atoms with van der Waals surface area (Å²) in [5, 5.41) is 0. The number of methoxy groups -OCH3 is 1. The maximum atomic E-state index is 6.33. The van der Waals surface area contributed by atoms with Crippen molar-refractivity contribution >= 4 is 5.95 Å². The lowest BCUT2D eigenvalue weighted by Gasteiger charge is -2.38. The molecular formula is C21H27N3O2. The van der Waals surface area contributed by atoms with E-state index in [1.807, 2.05) is 30.6 Å². The largest absolute Gasteiger partial charge is 0.497 e. The van der Waals surface area contributed by atoms with Crippen molar-refractivity contribution in [2.75, 3.05) is 31.7 Å². The zero-order valence-corrected chi connectivity index (χ0v) is 15.4. The number of rotatable bonds is 7. The van der Waals surface area contributed by atoms with Crippen LogP contribution in [0.4, 0.5) is 5.95 Å². The first-order chi connectivity index (χ1) is 12.8. The Morgan fingerprint density at radius 1 is 1.08 bits per heavy atom. The number of ether oxygens (including phenoxy) is 2. The molecule has 2 aromatic rings. The fourth-order valence-corrected chi connectivity index (χ4v) is 3.67. The first kappa shape index (κ1) is 17.3. The third-order valence-corrected chi connectivity index (χ3v) is 5.40. The van der Waals surface area contributed by atoms with E-state index in [9.17, 15) is 0 Å². The lowest BCUT2D eigenvalue weighted by atomic mass is 9.88. The van der Waals surface area contributed by atoms with E-state index in [1.165, 1.54) is 18.4 Å². The molecule has 1 saturated heterocycles. The van der Waals surface area contributed by atoms with Crippen molar-refractivity contribution in [2.45, 2.75) is 31.8 Å². The van der Waals surface area contributed by atoms with Crippen LogP contribution in [0.2, 0.25) is 0 Å². The van der Waals surface area contributed by atoms with E-state index in [0.717, 1.165) is 50.2 Å². The van der Waals surface area contributed by atoms with E-state index < -0.39 is 0 Å². The summed E-state index contributed by atoms with van der Waals surface area (Å²) in [5.41, 5.74) is 1.33. The molecule has 2 fully saturated rings. The molecule has 1 saturated carbocycles. The van der Waals surface area contributed by atoms with E-state index in [0.29, 0.717) is 12.0 Å². The Morgan fingerprint density at radius 3 is 2.54 bits per heavy atom. The second-order valence-corrected chi connectivity index (χ2v) is 7.41. The zero-order chi connectivity index (χ0) is 17.8. The first-order valence-electron chi connectivity index (χ1n) is 9.58. The van der Waals surface area contributed by atoms with E-state index in [2.05, 4.69) is 27.0 Å². The van der Waals surface area contributed by atoms with Gasteiger partial charge in [-0.1, -0.05) is 12.1 Å². The van der Waals surface area contributed by atoms with Crippen LogP contribution in [0.3, 0.4) is 0 Å². The summed E-state index contributed by atoms with van der Waals surface area (Å²) in [6.45, 7) is 2.81. The van der Waals surface area contributed by atoms with Gasteiger partial charge in [0.05, 0.1) is 13.2 Å². The van der Waals surface area contributed by atoms with Gasteiger partial charge in [0.25, 0.3) is 0 Å². The molecule has 0 bridgehead atoms. The summed E-state index contributed by atoms with van der Waals surface area (Å²) >= 11 is 0. The highest BCUT2D eigenvalue weighted by Crippen LogP contribution is 2.32. The van der Waals surface area contributed by atoms with Crippen molar-refractivity contribution < 1.29 is 9.47 Å². The standard InChI is InChI=1S/C21H27N3O2/c1-25-19-7-5-16(6-8-19)13-18-14-24(21-22-10-2-11-23-21)12-9-20(18)26-15-17-3-4-17/h2,5-8,10-11,17-18,20H,3-4,9,12-15H2,1H3/t18-,20-/m1/s1. The lowest BCUT2D eigenvalue weighted by molar-refractivity contribution is -0.00500. The molecule has 2 atom stereocenters. The van der Waals surface area contributed by atoms with Gasteiger partial charge in [-0.25, -0.2) is 9.97 Å². The van der Waals surface area contributed by atoms with Crippen molar-refractivity contribution in [3.05, 3.63) is 48.3 Å². The first-order valence-corrected chi connectivity index (χ1v) is 9.58. The van der Waals surface area contributed by atoms with Crippen LogP contribution in [0.25, 0.3) is 0 Å². The van der Waals surface area contributed by atoms with Crippen LogP contribution in [0, 0.1) is 11.8 Å². The molecule has 1 aliphatic heterocycles. The van der Waals surface area contributed by atoms with Crippen molar-refractivity contribution in [3.63, 3.8) is 0 Å². The van der Waals surface area contributed by atoms with E-state index in [1.54, 1.807) is 7.11 Å². The average Bonchev–Trinajstić information content (AvgIpc) is 3.53. The minimum Gasteiger partial charge on any atom is -0.497 e. The molecule has 5 nitrogen and oxygen atoms in total. The average molecular weight is 353 g/mol. The molecule has 5 heteroatoms. The number of nitrogens with zero attached hydrogens (tertiary/aromatic N) is 3. The van der Waals surface area contributed by atoms with E-state index in [4.69, 9.17) is 9.47 Å². The van der Waals surface area contributed by atoms with Crippen LogP contribution in [-0.2, 0) is 11.2 Å². The maximum absolute atomic E-state index is 6.33. The molecule has 1 aromatic carbocycles. The third-order valence-electron chi connectivity index (χ3n) is 5.40. The molecule has 0 spiro atoms. The van der Waals surface area contributed by atoms with Gasteiger partial charge >= 0.3 is 0 Å². The Hall–Kier alpha value is -2.14. The molecule has 1 aromatic heterocycles. The van der Waals surface area contributed by atoms with Gasteiger partial charge in [-0.15, -0.1) is 0 Å². The summed E-state index contributed by atoms with van der Waals surface area (Å²) in [6, 6.07) is 10.3. The van der Waals surface area contributed by atoms with Gasteiger partial charge in [-0.05, 0) is 55.4 Å². The predicted molar refractivity (Wildman–Crippen MR) is 102 cm³/mol. The lowest BCUT2D eigenvalue weighted by Crippen LogP contribution is -2.46. The Kier molecular flexibility index (Phi) is 5.34. The number of benzene rings is 1. The summed E-state index contributed by atoms with van der Waals surface area (Å²) in [7, 11) is 1.70. The minimum atomic E-state index is 0.317. The molecule has 138 valence electrons. The third kappa shape index (κ3) is 4.33. The highest BCUT2D eigenvalue weighted by Gasteiger charge is 2.33. The predicted octanol–water partition coefficient (Wildman–Crippen LogP) is 3.35. The second kappa shape index (κ2) is 8.04. The number of hydrogen-bond acceptors (Lipinski definition) is 5. The normalized spacial score (nSPS) is 23.0. The highest BCUT2D eigenvalue weighted by molar-refractivity contribution is 5.31. The molecule has 26 heavy (non-hydrogen) atoms. The minimum absolute atomic E-state index is 0.317. The number of piperidine rings is 1. The van der Waals surface area contributed by atoms with Crippen molar-refractivity contribution in [3.8, 4) is 5.75 Å². The Labute approximate surface area is 155 Å². The van der Waals surface area contributed by atoms with Gasteiger partial charge in [-0.3, -0.25) is 0 Å². The number of hydrogen-bond donors (Lipinski definition) is 0. The Balaban J connectivity index is 1.46. The fraction of sp³-hybridized carbons (Fsp3) is 0.524. The number of anilines is 1. The number of aromatic nitrogens is 2. The molecule has 0 radical (unpaired) electrons.